The summed E-state index contributed by atoms with van der Waals surface area (Å²) in [5, 5.41) is 78.0. The molecule has 7 N–H and O–H groups in total. The van der Waals surface area contributed by atoms with Crippen molar-refractivity contribution in [3.8, 4) is 83.9 Å². The van der Waals surface area contributed by atoms with Crippen molar-refractivity contribution in [2.75, 3.05) is 17.7 Å². The topological polar surface area (TPSA) is 245 Å². The van der Waals surface area contributed by atoms with Crippen molar-refractivity contribution in [2.45, 2.75) is 40.8 Å². The minimum Gasteiger partial charge on any atom is -0.507 e. The van der Waals surface area contributed by atoms with E-state index in [1.807, 2.05) is 203 Å². The maximum atomic E-state index is 10.7. The molecule has 111 heavy (non-hydrogen) atoms. The van der Waals surface area contributed by atoms with Crippen LogP contribution in [0.15, 0.2) is 265 Å². The number of nitro benzene ring substituents is 2. The Labute approximate surface area is 656 Å². The number of phenols is 5. The van der Waals surface area contributed by atoms with Crippen LogP contribution in [0, 0.1) is 97.3 Å². The summed E-state index contributed by atoms with van der Waals surface area (Å²) in [6.07, 6.45) is 31.9. The molecule has 0 atom stereocenters. The summed E-state index contributed by atoms with van der Waals surface area (Å²) in [5.41, 5.74) is 16.2. The first kappa shape index (κ1) is 83.7. The number of benzene rings is 12. The fourth-order valence-electron chi connectivity index (χ4n) is 10.2. The predicted octanol–water partition coefficient (Wildman–Crippen LogP) is 22.0. The number of nitrogens with zero attached hydrogens (tertiary/aromatic N) is 4. The van der Waals surface area contributed by atoms with E-state index in [9.17, 15) is 45.8 Å². The number of nitrogens with one attached hydrogen (secondary N) is 2. The average Bonchev–Trinajstić information content (AvgIpc) is 0.879. The number of ether oxygens (including phenoxy) is 1. The number of methoxy groups -OCH3 is 1. The Morgan fingerprint density at radius 2 is 0.829 bits per heavy atom. The molecule has 0 aliphatic carbocycles. The van der Waals surface area contributed by atoms with E-state index in [2.05, 4.69) is 57.3 Å². The van der Waals surface area contributed by atoms with E-state index in [1.165, 1.54) is 42.1 Å². The first-order valence-corrected chi connectivity index (χ1v) is 34.8. The number of aromatic hydroxyl groups is 5. The highest BCUT2D eigenvalue weighted by molar-refractivity contribution is 6.32. The van der Waals surface area contributed by atoms with Crippen LogP contribution in [-0.4, -0.2) is 54.9 Å². The van der Waals surface area contributed by atoms with Crippen LogP contribution >= 0.6 is 23.2 Å². The molecule has 0 unspecified atom stereocenters. The quantitative estimate of drug-likeness (QED) is 0.0148. The lowest BCUT2D eigenvalue weighted by Gasteiger charge is -2.11. The van der Waals surface area contributed by atoms with Crippen molar-refractivity contribution in [2.24, 2.45) is 9.98 Å². The van der Waals surface area contributed by atoms with E-state index in [1.54, 1.807) is 74.0 Å². The number of aryl methyl sites for hydroxylation is 4. The van der Waals surface area contributed by atoms with E-state index in [4.69, 9.17) is 53.6 Å². The van der Waals surface area contributed by atoms with E-state index in [0.717, 1.165) is 84.0 Å². The van der Waals surface area contributed by atoms with Gasteiger partial charge in [0.25, 0.3) is 0 Å². The summed E-state index contributed by atoms with van der Waals surface area (Å²) in [6, 6.07) is 75.9. The number of hydrogen-bond donors (Lipinski definition) is 7. The molecule has 0 bridgehead atoms. The Hall–Kier alpha value is -14.5. The molecule has 554 valence electrons. The summed E-state index contributed by atoms with van der Waals surface area (Å²) in [4.78, 5) is 28.6. The van der Waals surface area contributed by atoms with Gasteiger partial charge in [-0.3, -0.25) is 30.2 Å². The Balaban J connectivity index is 0.000000185. The van der Waals surface area contributed by atoms with Gasteiger partial charge in [-0.25, -0.2) is 0 Å². The second-order valence-electron chi connectivity index (χ2n) is 24.3. The normalized spacial score (nSPS) is 10.3. The first-order chi connectivity index (χ1) is 53.4. The smallest absolute Gasteiger partial charge is 0.311 e. The molecule has 0 amide bonds. The Bertz CT molecular complexity index is 5550. The summed E-state index contributed by atoms with van der Waals surface area (Å²) >= 11 is 11.9. The van der Waals surface area contributed by atoms with Gasteiger partial charge in [-0.15, -0.1) is 25.7 Å². The standard InChI is InChI=1S/C17H17NO.C16H13NO.2C15H13ClO.C15H12N2O3.C15H10N2O3/c1-4-14-6-5-7-16(11-14)18-12-15-10-13(2)8-9-17(15)19-3;1-3-13-5-4-6-15(10-13)17-11-14-9-12(2)7-8-16(14)18;1-11-5-8-15(17)13(9-11)7-6-12-3-2-4-14(16)10-12;1-11-6-9-15(17)13(10-11)8-7-12-4-2-3-5-14(12)16;2*1-2-11-5-3-7-13(9-11)16-10-12-6-4-8-14(15(12)18)17(19)20/h1,5-11,18H,12H2,2-3H3;1,4-11,18H,2H3;2*2-10,17H,1H3;1,3-9,16,18H,10H2;1,3-10,18H/b;;7-6+;8-7+;;. The highest BCUT2D eigenvalue weighted by Gasteiger charge is 2.17. The van der Waals surface area contributed by atoms with Gasteiger partial charge >= 0.3 is 11.4 Å². The molecule has 12 rings (SSSR count). The van der Waals surface area contributed by atoms with Gasteiger partial charge in [0.2, 0.25) is 5.75 Å². The Morgan fingerprint density at radius 1 is 0.414 bits per heavy atom. The summed E-state index contributed by atoms with van der Waals surface area (Å²) in [5.74, 6) is 11.2. The third-order valence-corrected chi connectivity index (χ3v) is 16.5. The molecule has 0 aromatic heterocycles. The third-order valence-electron chi connectivity index (χ3n) is 15.9. The lowest BCUT2D eigenvalue weighted by atomic mass is 10.1. The lowest BCUT2D eigenvalue weighted by molar-refractivity contribution is -0.386. The van der Waals surface area contributed by atoms with E-state index >= 15 is 0 Å². The van der Waals surface area contributed by atoms with E-state index in [-0.39, 0.29) is 46.5 Å². The molecule has 0 heterocycles. The van der Waals surface area contributed by atoms with Gasteiger partial charge in [0.05, 0.1) is 28.3 Å². The van der Waals surface area contributed by atoms with Crippen molar-refractivity contribution >= 4 is 94.1 Å². The maximum Gasteiger partial charge on any atom is 0.311 e. The SMILES string of the molecule is C#Cc1cccc(N=Cc2cc(C)ccc2O)c1.C#Cc1cccc(N=Cc2cccc([N+](=O)[O-])c2O)c1.C#Cc1cccc(NCc2cc(C)ccc2OC)c1.C#Cc1cccc(NCc2cccc([N+](=O)[O-])c2O)c1.Cc1ccc(O)c(/C=C/c2cccc(Cl)c2)c1.Cc1ccc(O)c(/C=C/c2ccccc2Cl)c1. The van der Waals surface area contributed by atoms with Gasteiger partial charge < -0.3 is 40.9 Å². The monoisotopic (exact) mass is 1510 g/mol. The zero-order chi connectivity index (χ0) is 80.2. The Kier molecular flexibility index (Phi) is 32.6. The number of hydrogen-bond acceptors (Lipinski definition) is 14. The van der Waals surface area contributed by atoms with Crippen molar-refractivity contribution in [3.63, 3.8) is 0 Å². The minimum absolute atomic E-state index is 0.220. The fraction of sp³-hybridized carbons (Fsp3) is 0.0753. The van der Waals surface area contributed by atoms with Gasteiger partial charge in [-0.1, -0.05) is 197 Å². The zero-order valence-electron chi connectivity index (χ0n) is 61.3. The third kappa shape index (κ3) is 27.4. The molecule has 0 spiro atoms. The molecule has 18 heteroatoms. The van der Waals surface area contributed by atoms with Crippen molar-refractivity contribution in [3.05, 3.63) is 374 Å². The van der Waals surface area contributed by atoms with Crippen LogP contribution in [0.4, 0.5) is 34.1 Å². The first-order valence-electron chi connectivity index (χ1n) is 34.1. The number of terminal acetylenes is 4. The maximum absolute atomic E-state index is 10.7. The fourth-order valence-corrected chi connectivity index (χ4v) is 10.6. The number of anilines is 2. The van der Waals surface area contributed by atoms with Gasteiger partial charge in [-0.05, 0) is 178 Å². The van der Waals surface area contributed by atoms with Crippen LogP contribution in [0.2, 0.25) is 10.0 Å². The van der Waals surface area contributed by atoms with Crippen molar-refractivity contribution in [1.29, 1.82) is 0 Å². The van der Waals surface area contributed by atoms with Crippen LogP contribution < -0.4 is 15.4 Å². The number of nitro groups is 2. The number of phenolic OH excluding ortho intramolecular Hbond substituents is 5. The second kappa shape index (κ2) is 43.2. The molecule has 12 aromatic carbocycles. The van der Waals surface area contributed by atoms with Crippen LogP contribution in [0.1, 0.15) is 89.0 Å². The largest absolute Gasteiger partial charge is 0.507 e. The number of aliphatic imine (C=N–C) groups is 2. The molecule has 16 nitrogen and oxygen atoms in total. The van der Waals surface area contributed by atoms with Crippen LogP contribution in [0.5, 0.6) is 34.5 Å². The highest BCUT2D eigenvalue weighted by atomic mass is 35.5. The average molecular weight is 1510 g/mol. The molecule has 0 radical (unpaired) electrons. The molecular weight excluding hydrogens is 1430 g/mol. The zero-order valence-corrected chi connectivity index (χ0v) is 62.8. The van der Waals surface area contributed by atoms with Crippen molar-refractivity contribution < 1.29 is 40.1 Å². The lowest BCUT2D eigenvalue weighted by Crippen LogP contribution is -2.02. The van der Waals surface area contributed by atoms with Gasteiger partial charge in [0.1, 0.15) is 23.0 Å². The highest BCUT2D eigenvalue weighted by Crippen LogP contribution is 2.32. The van der Waals surface area contributed by atoms with Crippen LogP contribution in [0.3, 0.4) is 0 Å². The number of para-hydroxylation sites is 2. The molecule has 0 aliphatic rings. The number of rotatable bonds is 17. The van der Waals surface area contributed by atoms with Crippen LogP contribution in [0.25, 0.3) is 24.3 Å². The molecule has 0 saturated carbocycles. The molecule has 12 aromatic rings. The second-order valence-corrected chi connectivity index (χ2v) is 25.2. The predicted molar refractivity (Wildman–Crippen MR) is 453 cm³/mol. The summed E-state index contributed by atoms with van der Waals surface area (Å²) < 4.78 is 5.36. The Morgan fingerprint density at radius 3 is 1.34 bits per heavy atom. The van der Waals surface area contributed by atoms with Gasteiger partial charge in [0.15, 0.2) is 5.75 Å². The van der Waals surface area contributed by atoms with Crippen LogP contribution in [-0.2, 0) is 13.1 Å². The van der Waals surface area contributed by atoms with E-state index in [0.29, 0.717) is 39.0 Å². The van der Waals surface area contributed by atoms with Gasteiger partial charge in [0, 0.05) is 115 Å². The molecule has 0 saturated heterocycles. The summed E-state index contributed by atoms with van der Waals surface area (Å²) in [6.45, 7) is 9.00. The minimum atomic E-state index is -0.647. The molecule has 0 fully saturated rings. The molecule has 0 aliphatic heterocycles. The van der Waals surface area contributed by atoms with E-state index < -0.39 is 15.6 Å². The molecular formula is C93H78Cl2N6O10. The number of halogens is 2. The van der Waals surface area contributed by atoms with Gasteiger partial charge in [-0.2, -0.15) is 0 Å². The summed E-state index contributed by atoms with van der Waals surface area (Å²) in [7, 11) is 1.69. The van der Waals surface area contributed by atoms with Crippen molar-refractivity contribution in [1.82, 2.24) is 0 Å².